The summed E-state index contributed by atoms with van der Waals surface area (Å²) in [4.78, 5) is 13.4. The molecule has 7 nitrogen and oxygen atoms in total. The largest absolute Gasteiger partial charge is 0.353 e. The number of imidazole rings is 1. The molecular formula is C16H20FN7. The lowest BCUT2D eigenvalue weighted by Gasteiger charge is -2.11. The topological polar surface area (TPSA) is 93.7 Å². The minimum absolute atomic E-state index is 0.203. The van der Waals surface area contributed by atoms with E-state index >= 15 is 0 Å². The lowest BCUT2D eigenvalue weighted by Crippen LogP contribution is -2.15. The molecule has 24 heavy (non-hydrogen) atoms. The van der Waals surface area contributed by atoms with Crippen LogP contribution in [0.4, 0.5) is 21.8 Å². The van der Waals surface area contributed by atoms with Crippen molar-refractivity contribution in [1.82, 2.24) is 19.5 Å². The van der Waals surface area contributed by atoms with Gasteiger partial charge in [0.1, 0.15) is 5.82 Å². The zero-order valence-corrected chi connectivity index (χ0v) is 13.6. The summed E-state index contributed by atoms with van der Waals surface area (Å²) in [5.41, 5.74) is 7.47. The molecule has 0 spiro atoms. The zero-order valence-electron chi connectivity index (χ0n) is 13.6. The molecule has 0 atom stereocenters. The van der Waals surface area contributed by atoms with Crippen molar-refractivity contribution in [3.8, 4) is 0 Å². The maximum Gasteiger partial charge on any atom is 0.226 e. The van der Waals surface area contributed by atoms with Crippen LogP contribution in [0.3, 0.4) is 0 Å². The lowest BCUT2D eigenvalue weighted by molar-refractivity contribution is 0.613. The van der Waals surface area contributed by atoms with Crippen LogP contribution >= 0.6 is 0 Å². The van der Waals surface area contributed by atoms with Gasteiger partial charge in [-0.2, -0.15) is 9.97 Å². The smallest absolute Gasteiger partial charge is 0.226 e. The number of nitrogens with one attached hydrogen (secondary N) is 2. The summed E-state index contributed by atoms with van der Waals surface area (Å²) < 4.78 is 15.4. The fraction of sp³-hybridized carbons (Fsp3) is 0.312. The summed E-state index contributed by atoms with van der Waals surface area (Å²) >= 11 is 0. The number of aromatic nitrogens is 4. The van der Waals surface area contributed by atoms with Crippen LogP contribution < -0.4 is 16.4 Å². The fourth-order valence-electron chi connectivity index (χ4n) is 2.35. The van der Waals surface area contributed by atoms with Crippen molar-refractivity contribution in [2.45, 2.75) is 19.9 Å². The van der Waals surface area contributed by atoms with E-state index in [1.54, 1.807) is 18.5 Å². The molecule has 0 bridgehead atoms. The molecule has 4 N–H and O–H groups in total. The summed E-state index contributed by atoms with van der Waals surface area (Å²) in [7, 11) is 0. The summed E-state index contributed by atoms with van der Waals surface area (Å²) in [6.07, 6.45) is 1.73. The van der Waals surface area contributed by atoms with E-state index in [1.165, 1.54) is 12.1 Å². The van der Waals surface area contributed by atoms with Gasteiger partial charge in [-0.05, 0) is 32.0 Å². The summed E-state index contributed by atoms with van der Waals surface area (Å²) in [6.45, 7) is 5.13. The number of rotatable bonds is 6. The van der Waals surface area contributed by atoms with Gasteiger partial charge in [0.25, 0.3) is 0 Å². The molecule has 0 unspecified atom stereocenters. The summed E-state index contributed by atoms with van der Waals surface area (Å²) in [5, 5.41) is 6.20. The minimum Gasteiger partial charge on any atom is -0.353 e. The molecule has 126 valence electrons. The first-order valence-electron chi connectivity index (χ1n) is 7.79. The van der Waals surface area contributed by atoms with Crippen LogP contribution in [0.5, 0.6) is 0 Å². The van der Waals surface area contributed by atoms with Crippen LogP contribution in [0.2, 0.25) is 0 Å². The maximum absolute atomic E-state index is 13.4. The number of nitrogens with two attached hydrogens (primary N) is 1. The third-order valence-electron chi connectivity index (χ3n) is 3.49. The van der Waals surface area contributed by atoms with Gasteiger partial charge in [0.05, 0.1) is 6.33 Å². The van der Waals surface area contributed by atoms with E-state index in [2.05, 4.69) is 39.4 Å². The normalized spacial score (nSPS) is 11.2. The van der Waals surface area contributed by atoms with Crippen molar-refractivity contribution in [3.05, 3.63) is 36.4 Å². The highest BCUT2D eigenvalue weighted by molar-refractivity contribution is 5.86. The van der Waals surface area contributed by atoms with E-state index < -0.39 is 0 Å². The molecule has 0 aliphatic heterocycles. The molecule has 3 aromatic rings. The fourth-order valence-corrected chi connectivity index (χ4v) is 2.35. The van der Waals surface area contributed by atoms with Crippen LogP contribution in [0.25, 0.3) is 11.2 Å². The van der Waals surface area contributed by atoms with Crippen molar-refractivity contribution in [2.24, 2.45) is 5.73 Å². The number of hydrogen-bond acceptors (Lipinski definition) is 6. The second-order valence-corrected chi connectivity index (χ2v) is 5.66. The van der Waals surface area contributed by atoms with Crippen molar-refractivity contribution in [1.29, 1.82) is 0 Å². The molecular weight excluding hydrogens is 309 g/mol. The molecule has 0 fully saturated rings. The summed E-state index contributed by atoms with van der Waals surface area (Å²) in [5.74, 6) is 0.651. The average Bonchev–Trinajstić information content (AvgIpc) is 2.97. The molecule has 2 aromatic heterocycles. The number of hydrogen-bond donors (Lipinski definition) is 3. The quantitative estimate of drug-likeness (QED) is 0.644. The Morgan fingerprint density at radius 1 is 1.29 bits per heavy atom. The third kappa shape index (κ3) is 3.28. The Morgan fingerprint density at radius 3 is 2.83 bits per heavy atom. The molecule has 0 saturated carbocycles. The van der Waals surface area contributed by atoms with Crippen molar-refractivity contribution < 1.29 is 4.39 Å². The Bertz CT molecular complexity index is 844. The number of benzene rings is 1. The molecule has 3 rings (SSSR count). The molecule has 0 saturated heterocycles. The number of nitrogens with zero attached hydrogens (tertiary/aromatic N) is 4. The van der Waals surface area contributed by atoms with Gasteiger partial charge in [0.2, 0.25) is 5.95 Å². The predicted molar refractivity (Wildman–Crippen MR) is 92.9 cm³/mol. The standard InChI is InChI=1S/C16H20FN7/c1-10(2)24-9-20-13-14(21-12-5-3-4-11(17)8-12)22-16(19-7-6-18)23-15(13)24/h3-5,8-10H,6-7,18H2,1-2H3,(H2,19,21,22,23). The number of halogens is 1. The van der Waals surface area contributed by atoms with Gasteiger partial charge in [-0.15, -0.1) is 0 Å². The Hall–Kier alpha value is -2.74. The van der Waals surface area contributed by atoms with E-state index in [0.29, 0.717) is 41.7 Å². The molecule has 0 aliphatic carbocycles. The van der Waals surface area contributed by atoms with Crippen LogP contribution in [-0.2, 0) is 0 Å². The Morgan fingerprint density at radius 2 is 2.12 bits per heavy atom. The van der Waals surface area contributed by atoms with Gasteiger partial charge in [0, 0.05) is 24.8 Å². The van der Waals surface area contributed by atoms with Crippen LogP contribution in [0.1, 0.15) is 19.9 Å². The minimum atomic E-state index is -0.320. The second-order valence-electron chi connectivity index (χ2n) is 5.66. The maximum atomic E-state index is 13.4. The highest BCUT2D eigenvalue weighted by atomic mass is 19.1. The summed E-state index contributed by atoms with van der Waals surface area (Å²) in [6, 6.07) is 6.40. The van der Waals surface area contributed by atoms with Crippen LogP contribution in [-0.4, -0.2) is 32.6 Å². The lowest BCUT2D eigenvalue weighted by atomic mass is 10.3. The van der Waals surface area contributed by atoms with Crippen LogP contribution in [0.15, 0.2) is 30.6 Å². The average molecular weight is 329 g/mol. The Kier molecular flexibility index (Phi) is 4.57. The molecule has 1 aromatic carbocycles. The SMILES string of the molecule is CC(C)n1cnc2c(Nc3cccc(F)c3)nc(NCCN)nc21. The van der Waals surface area contributed by atoms with E-state index in [9.17, 15) is 4.39 Å². The second kappa shape index (κ2) is 6.79. The first-order chi connectivity index (χ1) is 11.6. The molecule has 8 heteroatoms. The van der Waals surface area contributed by atoms with E-state index in [1.807, 2.05) is 4.57 Å². The van der Waals surface area contributed by atoms with Gasteiger partial charge in [-0.1, -0.05) is 6.07 Å². The van der Waals surface area contributed by atoms with Crippen molar-refractivity contribution >= 4 is 28.6 Å². The first kappa shape index (κ1) is 16.1. The highest BCUT2D eigenvalue weighted by Gasteiger charge is 2.15. The molecule has 2 heterocycles. The molecule has 0 amide bonds. The van der Waals surface area contributed by atoms with E-state index in [4.69, 9.17) is 5.73 Å². The van der Waals surface area contributed by atoms with Gasteiger partial charge in [-0.25, -0.2) is 9.37 Å². The number of fused-ring (bicyclic) bond motifs is 1. The van der Waals surface area contributed by atoms with Gasteiger partial charge in [-0.3, -0.25) is 0 Å². The van der Waals surface area contributed by atoms with Crippen molar-refractivity contribution in [3.63, 3.8) is 0 Å². The first-order valence-corrected chi connectivity index (χ1v) is 7.79. The van der Waals surface area contributed by atoms with E-state index in [-0.39, 0.29) is 11.9 Å². The Balaban J connectivity index is 2.07. The van der Waals surface area contributed by atoms with Crippen LogP contribution in [0, 0.1) is 5.82 Å². The highest BCUT2D eigenvalue weighted by Crippen LogP contribution is 2.26. The number of anilines is 3. The van der Waals surface area contributed by atoms with Crippen molar-refractivity contribution in [2.75, 3.05) is 23.7 Å². The van der Waals surface area contributed by atoms with Gasteiger partial charge in [0.15, 0.2) is 17.0 Å². The molecule has 0 radical (unpaired) electrons. The predicted octanol–water partition coefficient (Wildman–Crippen LogP) is 2.66. The van der Waals surface area contributed by atoms with E-state index in [0.717, 1.165) is 0 Å². The van der Waals surface area contributed by atoms with Gasteiger partial charge < -0.3 is 20.9 Å². The monoisotopic (exact) mass is 329 g/mol. The zero-order chi connectivity index (χ0) is 17.1. The molecule has 0 aliphatic rings. The Labute approximate surface area is 139 Å². The third-order valence-corrected chi connectivity index (χ3v) is 3.49. The van der Waals surface area contributed by atoms with Gasteiger partial charge >= 0.3 is 0 Å².